The predicted molar refractivity (Wildman–Crippen MR) is 72.5 cm³/mol. The van der Waals surface area contributed by atoms with Gasteiger partial charge in [-0.05, 0) is 31.8 Å². The van der Waals surface area contributed by atoms with Crippen molar-refractivity contribution >= 4 is 18.3 Å². The highest BCUT2D eigenvalue weighted by atomic mass is 35.5. The van der Waals surface area contributed by atoms with Crippen LogP contribution in [0, 0.1) is 5.92 Å². The third kappa shape index (κ3) is 4.66. The Morgan fingerprint density at radius 2 is 2.28 bits per heavy atom. The Balaban J connectivity index is 0.00000162. The van der Waals surface area contributed by atoms with E-state index in [9.17, 15) is 4.79 Å². The molecule has 0 unspecified atom stereocenters. The van der Waals surface area contributed by atoms with Gasteiger partial charge in [-0.25, -0.2) is 0 Å². The monoisotopic (exact) mass is 272 g/mol. The van der Waals surface area contributed by atoms with E-state index in [0.717, 1.165) is 31.5 Å². The molecule has 1 aliphatic heterocycles. The standard InChI is InChI=1S/C12H20N4O.ClH/c1-16-9-11(8-15-16)7-14-12(17)6-10-2-4-13-5-3-10;/h8-10,13H,2-7H2,1H3,(H,14,17);1H. The fourth-order valence-electron chi connectivity index (χ4n) is 2.18. The van der Waals surface area contributed by atoms with Gasteiger partial charge in [0.25, 0.3) is 0 Å². The van der Waals surface area contributed by atoms with Crippen LogP contribution in [0.3, 0.4) is 0 Å². The van der Waals surface area contributed by atoms with Crippen molar-refractivity contribution in [2.45, 2.75) is 25.8 Å². The molecule has 0 saturated carbocycles. The molecule has 2 rings (SSSR count). The van der Waals surface area contributed by atoms with Crippen LogP contribution < -0.4 is 10.6 Å². The summed E-state index contributed by atoms with van der Waals surface area (Å²) in [5.41, 5.74) is 1.05. The molecule has 1 aromatic heterocycles. The molecule has 18 heavy (non-hydrogen) atoms. The quantitative estimate of drug-likeness (QED) is 0.854. The SMILES string of the molecule is Cl.Cn1cc(CNC(=O)CC2CCNCC2)cn1. The van der Waals surface area contributed by atoms with Gasteiger partial charge in [0.05, 0.1) is 6.20 Å². The van der Waals surface area contributed by atoms with Gasteiger partial charge in [-0.1, -0.05) is 0 Å². The van der Waals surface area contributed by atoms with E-state index < -0.39 is 0 Å². The molecular weight excluding hydrogens is 252 g/mol. The molecule has 0 bridgehead atoms. The first kappa shape index (κ1) is 15.0. The molecule has 0 aromatic carbocycles. The zero-order valence-electron chi connectivity index (χ0n) is 10.7. The lowest BCUT2D eigenvalue weighted by molar-refractivity contribution is -0.122. The molecule has 2 heterocycles. The molecule has 1 aliphatic rings. The van der Waals surface area contributed by atoms with Gasteiger partial charge >= 0.3 is 0 Å². The van der Waals surface area contributed by atoms with Gasteiger partial charge < -0.3 is 10.6 Å². The van der Waals surface area contributed by atoms with Crippen LogP contribution >= 0.6 is 12.4 Å². The molecule has 0 atom stereocenters. The summed E-state index contributed by atoms with van der Waals surface area (Å²) in [5, 5.41) is 10.3. The molecule has 102 valence electrons. The van der Waals surface area contributed by atoms with Gasteiger partial charge in [-0.2, -0.15) is 5.10 Å². The fraction of sp³-hybridized carbons (Fsp3) is 0.667. The molecule has 0 spiro atoms. The maximum absolute atomic E-state index is 11.7. The third-order valence-corrected chi connectivity index (χ3v) is 3.18. The second-order valence-corrected chi connectivity index (χ2v) is 4.70. The van der Waals surface area contributed by atoms with E-state index in [1.54, 1.807) is 10.9 Å². The van der Waals surface area contributed by atoms with Crippen LogP contribution in [-0.4, -0.2) is 28.8 Å². The van der Waals surface area contributed by atoms with Gasteiger partial charge in [0.2, 0.25) is 5.91 Å². The molecule has 1 aromatic rings. The minimum atomic E-state index is 0. The Kier molecular flexibility index (Phi) is 6.15. The normalized spacial score (nSPS) is 16.1. The zero-order valence-corrected chi connectivity index (χ0v) is 11.5. The number of hydrogen-bond donors (Lipinski definition) is 2. The van der Waals surface area contributed by atoms with Gasteiger partial charge in [0.1, 0.15) is 0 Å². The number of nitrogens with one attached hydrogen (secondary N) is 2. The Bertz CT molecular complexity index is 374. The minimum absolute atomic E-state index is 0. The first-order chi connectivity index (χ1) is 8.24. The molecule has 6 heteroatoms. The maximum atomic E-state index is 11.7. The molecule has 0 radical (unpaired) electrons. The van der Waals surface area contributed by atoms with Crippen LogP contribution in [0.4, 0.5) is 0 Å². The minimum Gasteiger partial charge on any atom is -0.352 e. The lowest BCUT2D eigenvalue weighted by Gasteiger charge is -2.21. The summed E-state index contributed by atoms with van der Waals surface area (Å²) in [4.78, 5) is 11.7. The van der Waals surface area contributed by atoms with Gasteiger partial charge in [0.15, 0.2) is 0 Å². The topological polar surface area (TPSA) is 59.0 Å². The van der Waals surface area contributed by atoms with Crippen LogP contribution in [0.5, 0.6) is 0 Å². The summed E-state index contributed by atoms with van der Waals surface area (Å²) in [6, 6.07) is 0. The van der Waals surface area contributed by atoms with Crippen LogP contribution in [-0.2, 0) is 18.4 Å². The number of rotatable bonds is 4. The van der Waals surface area contributed by atoms with Gasteiger partial charge in [-0.15, -0.1) is 12.4 Å². The number of amides is 1. The highest BCUT2D eigenvalue weighted by molar-refractivity contribution is 5.85. The summed E-state index contributed by atoms with van der Waals surface area (Å²) in [5.74, 6) is 0.700. The Hall–Kier alpha value is -1.07. The van der Waals surface area contributed by atoms with E-state index in [4.69, 9.17) is 0 Å². The molecule has 2 N–H and O–H groups in total. The van der Waals surface area contributed by atoms with Crippen LogP contribution in [0.1, 0.15) is 24.8 Å². The van der Waals surface area contributed by atoms with Crippen LogP contribution in [0.2, 0.25) is 0 Å². The van der Waals surface area contributed by atoms with E-state index in [-0.39, 0.29) is 18.3 Å². The fourth-order valence-corrected chi connectivity index (χ4v) is 2.18. The number of aryl methyl sites for hydroxylation is 1. The van der Waals surface area contributed by atoms with E-state index in [1.807, 2.05) is 13.2 Å². The van der Waals surface area contributed by atoms with E-state index in [2.05, 4.69) is 15.7 Å². The first-order valence-corrected chi connectivity index (χ1v) is 6.19. The number of piperidine rings is 1. The number of hydrogen-bond acceptors (Lipinski definition) is 3. The molecule has 1 saturated heterocycles. The van der Waals surface area contributed by atoms with Crippen LogP contribution in [0.15, 0.2) is 12.4 Å². The van der Waals surface area contributed by atoms with Crippen molar-refractivity contribution < 1.29 is 4.79 Å². The van der Waals surface area contributed by atoms with Crippen molar-refractivity contribution in [1.29, 1.82) is 0 Å². The van der Waals surface area contributed by atoms with Crippen molar-refractivity contribution in [2.24, 2.45) is 13.0 Å². The second-order valence-electron chi connectivity index (χ2n) is 4.70. The molecule has 1 amide bonds. The number of halogens is 1. The highest BCUT2D eigenvalue weighted by Gasteiger charge is 2.16. The highest BCUT2D eigenvalue weighted by Crippen LogP contribution is 2.15. The summed E-state index contributed by atoms with van der Waals surface area (Å²) in [6.45, 7) is 2.67. The molecule has 0 aliphatic carbocycles. The van der Waals surface area contributed by atoms with Gasteiger partial charge in [-0.3, -0.25) is 9.48 Å². The predicted octanol–water partition coefficient (Wildman–Crippen LogP) is 0.848. The summed E-state index contributed by atoms with van der Waals surface area (Å²) in [6.07, 6.45) is 6.58. The first-order valence-electron chi connectivity index (χ1n) is 6.19. The number of nitrogens with zero attached hydrogens (tertiary/aromatic N) is 2. The van der Waals surface area contributed by atoms with Crippen molar-refractivity contribution in [3.63, 3.8) is 0 Å². The molecule has 5 nitrogen and oxygen atoms in total. The Morgan fingerprint density at radius 3 is 2.89 bits per heavy atom. The van der Waals surface area contributed by atoms with E-state index in [0.29, 0.717) is 18.9 Å². The summed E-state index contributed by atoms with van der Waals surface area (Å²) >= 11 is 0. The average Bonchev–Trinajstić information content (AvgIpc) is 2.74. The molecule has 1 fully saturated rings. The lowest BCUT2D eigenvalue weighted by atomic mass is 9.94. The van der Waals surface area contributed by atoms with Crippen molar-refractivity contribution in [1.82, 2.24) is 20.4 Å². The lowest BCUT2D eigenvalue weighted by Crippen LogP contribution is -2.32. The second kappa shape index (κ2) is 7.38. The van der Waals surface area contributed by atoms with Crippen molar-refractivity contribution in [3.05, 3.63) is 18.0 Å². The van der Waals surface area contributed by atoms with E-state index >= 15 is 0 Å². The zero-order chi connectivity index (χ0) is 12.1. The van der Waals surface area contributed by atoms with Crippen LogP contribution in [0.25, 0.3) is 0 Å². The number of carbonyl (C=O) groups excluding carboxylic acids is 1. The largest absolute Gasteiger partial charge is 0.352 e. The number of carbonyl (C=O) groups is 1. The summed E-state index contributed by atoms with van der Waals surface area (Å²) in [7, 11) is 1.88. The van der Waals surface area contributed by atoms with Crippen molar-refractivity contribution in [2.75, 3.05) is 13.1 Å². The number of aromatic nitrogens is 2. The average molecular weight is 273 g/mol. The van der Waals surface area contributed by atoms with E-state index in [1.165, 1.54) is 0 Å². The van der Waals surface area contributed by atoms with Crippen molar-refractivity contribution in [3.8, 4) is 0 Å². The molecular formula is C12H21ClN4O. The third-order valence-electron chi connectivity index (χ3n) is 3.18. The Morgan fingerprint density at radius 1 is 1.56 bits per heavy atom. The summed E-state index contributed by atoms with van der Waals surface area (Å²) < 4.78 is 1.74. The maximum Gasteiger partial charge on any atom is 0.220 e. The smallest absolute Gasteiger partial charge is 0.220 e. The Labute approximate surface area is 114 Å². The van der Waals surface area contributed by atoms with Gasteiger partial charge in [0, 0.05) is 31.8 Å².